The van der Waals surface area contributed by atoms with Gasteiger partial charge < -0.3 is 9.32 Å². The Bertz CT molecular complexity index is 1080. The van der Waals surface area contributed by atoms with Crippen LogP contribution in [0.25, 0.3) is 17.3 Å². The van der Waals surface area contributed by atoms with Crippen molar-refractivity contribution in [3.05, 3.63) is 48.7 Å². The van der Waals surface area contributed by atoms with Gasteiger partial charge in [-0.15, -0.1) is 10.2 Å². The second kappa shape index (κ2) is 7.55. The Morgan fingerprint density at radius 1 is 1.16 bits per heavy atom. The number of rotatable bonds is 5. The highest BCUT2D eigenvalue weighted by molar-refractivity contribution is 7.99. The second-order valence-corrected chi connectivity index (χ2v) is 10.7. The van der Waals surface area contributed by atoms with E-state index in [9.17, 15) is 4.79 Å². The lowest BCUT2D eigenvalue weighted by molar-refractivity contribution is -0.133. The highest BCUT2D eigenvalue weighted by Crippen LogP contribution is 2.55. The average molecular weight is 437 g/mol. The summed E-state index contributed by atoms with van der Waals surface area (Å²) < 4.78 is 7.54. The van der Waals surface area contributed by atoms with Crippen LogP contribution in [0, 0.1) is 10.8 Å². The second-order valence-electron chi connectivity index (χ2n) is 9.78. The Hall–Kier alpha value is -2.54. The molecule has 1 aromatic carbocycles. The lowest BCUT2D eigenvalue weighted by Crippen LogP contribution is -2.49. The van der Waals surface area contributed by atoms with Crippen LogP contribution in [-0.2, 0) is 4.79 Å². The minimum Gasteiger partial charge on any atom is -0.461 e. The number of amides is 1. The van der Waals surface area contributed by atoms with Gasteiger partial charge in [-0.05, 0) is 54.4 Å². The average Bonchev–Trinajstić information content (AvgIpc) is 3.44. The molecular formula is C24H28N4O2S. The molecule has 0 N–H and O–H groups in total. The van der Waals surface area contributed by atoms with E-state index in [1.165, 1.54) is 18.2 Å². The molecule has 1 aliphatic heterocycles. The van der Waals surface area contributed by atoms with Crippen molar-refractivity contribution in [2.45, 2.75) is 51.2 Å². The van der Waals surface area contributed by atoms with Crippen molar-refractivity contribution < 1.29 is 9.21 Å². The molecule has 1 saturated heterocycles. The normalized spacial score (nSPS) is 24.5. The quantitative estimate of drug-likeness (QED) is 0.524. The van der Waals surface area contributed by atoms with Crippen LogP contribution < -0.4 is 0 Å². The molecule has 1 aliphatic carbocycles. The maximum absolute atomic E-state index is 13.3. The van der Waals surface area contributed by atoms with Gasteiger partial charge in [0.15, 0.2) is 10.9 Å². The summed E-state index contributed by atoms with van der Waals surface area (Å²) in [7, 11) is 0. The van der Waals surface area contributed by atoms with E-state index in [2.05, 4.69) is 35.9 Å². The number of hydrogen-bond donors (Lipinski definition) is 0. The van der Waals surface area contributed by atoms with Gasteiger partial charge in [-0.1, -0.05) is 50.7 Å². The van der Waals surface area contributed by atoms with Crippen LogP contribution in [0.2, 0.25) is 0 Å². The zero-order valence-electron chi connectivity index (χ0n) is 18.2. The molecule has 2 fully saturated rings. The molecule has 1 saturated carbocycles. The maximum Gasteiger partial charge on any atom is 0.233 e. The number of carbonyl (C=O) groups excluding carboxylic acids is 1. The first kappa shape index (κ1) is 20.4. The van der Waals surface area contributed by atoms with E-state index >= 15 is 0 Å². The first-order chi connectivity index (χ1) is 14.9. The van der Waals surface area contributed by atoms with Crippen molar-refractivity contribution in [2.24, 2.45) is 10.8 Å². The topological polar surface area (TPSA) is 64.2 Å². The molecule has 5 rings (SSSR count). The van der Waals surface area contributed by atoms with Gasteiger partial charge in [0.25, 0.3) is 0 Å². The first-order valence-corrected chi connectivity index (χ1v) is 11.8. The van der Waals surface area contributed by atoms with Crippen LogP contribution in [0.5, 0.6) is 0 Å². The van der Waals surface area contributed by atoms with Crippen molar-refractivity contribution >= 4 is 17.7 Å². The number of fused-ring (bicyclic) bond motifs is 2. The molecule has 162 valence electrons. The molecule has 6 nitrogen and oxygen atoms in total. The van der Waals surface area contributed by atoms with E-state index in [1.54, 1.807) is 6.26 Å². The highest BCUT2D eigenvalue weighted by Gasteiger charge is 2.53. The largest absolute Gasteiger partial charge is 0.461 e. The van der Waals surface area contributed by atoms with E-state index < -0.39 is 0 Å². The van der Waals surface area contributed by atoms with E-state index in [4.69, 9.17) is 4.42 Å². The smallest absolute Gasteiger partial charge is 0.233 e. The summed E-state index contributed by atoms with van der Waals surface area (Å²) in [6.07, 6.45) is 5.02. The standard InChI is InChI=1S/C24H28N4O2S/c1-23(2)16-24(3)11-12-27(19(23)14-24)20(29)15-31-22-26-25-21(18-10-7-13-30-18)28(22)17-8-5-4-6-9-17/h4-10,13,19H,11-12,14-16H2,1-3H3. The summed E-state index contributed by atoms with van der Waals surface area (Å²) in [5.74, 6) is 1.83. The number of para-hydroxylation sites is 1. The highest BCUT2D eigenvalue weighted by atomic mass is 32.2. The minimum atomic E-state index is 0.169. The SMILES string of the molecule is CC12CCN(C(=O)CSc3nnc(-c4ccco4)n3-c3ccccc3)C(C1)C(C)(C)C2. The van der Waals surface area contributed by atoms with Crippen molar-refractivity contribution in [1.82, 2.24) is 19.7 Å². The number of piperidine rings is 1. The monoisotopic (exact) mass is 436 g/mol. The molecule has 2 bridgehead atoms. The number of aromatic nitrogens is 3. The summed E-state index contributed by atoms with van der Waals surface area (Å²) >= 11 is 1.44. The van der Waals surface area contributed by atoms with E-state index in [1.807, 2.05) is 47.0 Å². The van der Waals surface area contributed by atoms with Crippen molar-refractivity contribution in [1.29, 1.82) is 0 Å². The summed E-state index contributed by atoms with van der Waals surface area (Å²) in [6.45, 7) is 7.85. The molecule has 2 aromatic heterocycles. The molecule has 7 heteroatoms. The van der Waals surface area contributed by atoms with Crippen molar-refractivity contribution in [3.8, 4) is 17.3 Å². The Labute approximate surface area is 187 Å². The number of nitrogens with zero attached hydrogens (tertiary/aromatic N) is 4. The van der Waals surface area contributed by atoms with E-state index in [0.29, 0.717) is 34.0 Å². The zero-order chi connectivity index (χ0) is 21.6. The van der Waals surface area contributed by atoms with Gasteiger partial charge in [0.2, 0.25) is 11.7 Å². The third-order valence-corrected chi connectivity index (χ3v) is 7.75. The van der Waals surface area contributed by atoms with Crippen LogP contribution in [-0.4, -0.2) is 43.9 Å². The molecule has 3 heterocycles. The Morgan fingerprint density at radius 3 is 2.71 bits per heavy atom. The predicted octanol–water partition coefficient (Wildman–Crippen LogP) is 5.05. The first-order valence-electron chi connectivity index (χ1n) is 10.8. The molecule has 0 radical (unpaired) electrons. The van der Waals surface area contributed by atoms with Gasteiger partial charge in [0.05, 0.1) is 12.0 Å². The maximum atomic E-state index is 13.3. The van der Waals surface area contributed by atoms with Gasteiger partial charge in [0.1, 0.15) is 0 Å². The molecule has 2 atom stereocenters. The van der Waals surface area contributed by atoms with Crippen LogP contribution in [0.1, 0.15) is 40.0 Å². The molecule has 3 aromatic rings. The lowest BCUT2D eigenvalue weighted by Gasteiger charge is -2.40. The van der Waals surface area contributed by atoms with Gasteiger partial charge in [-0.25, -0.2) is 0 Å². The zero-order valence-corrected chi connectivity index (χ0v) is 19.1. The van der Waals surface area contributed by atoms with E-state index in [0.717, 1.165) is 25.1 Å². The van der Waals surface area contributed by atoms with Crippen LogP contribution in [0.15, 0.2) is 58.3 Å². The van der Waals surface area contributed by atoms with Crippen molar-refractivity contribution in [3.63, 3.8) is 0 Å². The van der Waals surface area contributed by atoms with Gasteiger partial charge in [-0.2, -0.15) is 0 Å². The summed E-state index contributed by atoms with van der Waals surface area (Å²) in [6, 6.07) is 14.0. The molecular weight excluding hydrogens is 408 g/mol. The predicted molar refractivity (Wildman–Crippen MR) is 121 cm³/mol. The number of hydrogen-bond acceptors (Lipinski definition) is 5. The number of likely N-dealkylation sites (tertiary alicyclic amines) is 1. The lowest BCUT2D eigenvalue weighted by atomic mass is 9.81. The van der Waals surface area contributed by atoms with Gasteiger partial charge in [-0.3, -0.25) is 9.36 Å². The van der Waals surface area contributed by atoms with E-state index in [-0.39, 0.29) is 11.3 Å². The fraction of sp³-hybridized carbons (Fsp3) is 0.458. The fourth-order valence-electron chi connectivity index (χ4n) is 5.55. The third kappa shape index (κ3) is 3.69. The Morgan fingerprint density at radius 2 is 1.97 bits per heavy atom. The summed E-state index contributed by atoms with van der Waals surface area (Å²) in [5.41, 5.74) is 1.49. The van der Waals surface area contributed by atoms with Crippen LogP contribution in [0.3, 0.4) is 0 Å². The molecule has 2 aliphatic rings. The Kier molecular flexibility index (Phi) is 4.96. The van der Waals surface area contributed by atoms with Gasteiger partial charge >= 0.3 is 0 Å². The Balaban J connectivity index is 1.38. The molecule has 2 unspecified atom stereocenters. The van der Waals surface area contributed by atoms with Crippen LogP contribution in [0.4, 0.5) is 0 Å². The molecule has 1 amide bonds. The minimum absolute atomic E-state index is 0.169. The summed E-state index contributed by atoms with van der Waals surface area (Å²) in [4.78, 5) is 15.4. The van der Waals surface area contributed by atoms with Crippen molar-refractivity contribution in [2.75, 3.05) is 12.3 Å². The van der Waals surface area contributed by atoms with Gasteiger partial charge in [0, 0.05) is 18.3 Å². The fourth-order valence-corrected chi connectivity index (χ4v) is 6.39. The number of thioether (sulfide) groups is 1. The molecule has 0 spiro atoms. The number of carbonyl (C=O) groups is 1. The molecule has 31 heavy (non-hydrogen) atoms. The third-order valence-electron chi connectivity index (χ3n) is 6.84. The van der Waals surface area contributed by atoms with Crippen LogP contribution >= 0.6 is 11.8 Å². The summed E-state index contributed by atoms with van der Waals surface area (Å²) in [5, 5.41) is 9.46. The number of furan rings is 1. The number of benzene rings is 1.